The van der Waals surface area contributed by atoms with E-state index in [1.165, 1.54) is 14.2 Å². The zero-order valence-electron chi connectivity index (χ0n) is 14.9. The van der Waals surface area contributed by atoms with Crippen LogP contribution < -0.4 is 10.6 Å². The van der Waals surface area contributed by atoms with Crippen molar-refractivity contribution in [2.24, 2.45) is 0 Å². The fourth-order valence-corrected chi connectivity index (χ4v) is 3.38. The largest absolute Gasteiger partial charge is 0.465 e. The van der Waals surface area contributed by atoms with Gasteiger partial charge in [-0.1, -0.05) is 0 Å². The minimum Gasteiger partial charge on any atom is -0.465 e. The van der Waals surface area contributed by atoms with E-state index in [4.69, 9.17) is 14.7 Å². The lowest BCUT2D eigenvalue weighted by atomic mass is 10.1. The van der Waals surface area contributed by atoms with Crippen LogP contribution in [0.5, 0.6) is 0 Å². The highest BCUT2D eigenvalue weighted by atomic mass is 32.1. The van der Waals surface area contributed by atoms with Crippen molar-refractivity contribution in [1.82, 2.24) is 0 Å². The Bertz CT molecular complexity index is 912. The summed E-state index contributed by atoms with van der Waals surface area (Å²) in [6, 6.07) is 8.61. The van der Waals surface area contributed by atoms with Crippen molar-refractivity contribution in [1.29, 1.82) is 5.26 Å². The first kappa shape index (κ1) is 19.9. The van der Waals surface area contributed by atoms with Gasteiger partial charge in [-0.25, -0.2) is 9.59 Å². The molecule has 0 radical (unpaired) electrons. The average molecular weight is 387 g/mol. The fraction of sp³-hybridized carbons (Fsp3) is 0.222. The number of esters is 2. The average Bonchev–Trinajstić information content (AvgIpc) is 3.01. The normalized spacial score (nSPS) is 9.85. The summed E-state index contributed by atoms with van der Waals surface area (Å²) in [4.78, 5) is 36.3. The van der Waals surface area contributed by atoms with Crippen molar-refractivity contribution in [3.63, 3.8) is 0 Å². The number of hydrogen-bond acceptors (Lipinski definition) is 8. The van der Waals surface area contributed by atoms with Crippen LogP contribution in [0.4, 0.5) is 10.7 Å². The highest BCUT2D eigenvalue weighted by molar-refractivity contribution is 7.18. The van der Waals surface area contributed by atoms with E-state index in [0.717, 1.165) is 11.3 Å². The summed E-state index contributed by atoms with van der Waals surface area (Å²) in [6.07, 6.45) is 0. The van der Waals surface area contributed by atoms with Crippen LogP contribution in [0.25, 0.3) is 0 Å². The van der Waals surface area contributed by atoms with Crippen molar-refractivity contribution >= 4 is 39.9 Å². The number of thiophene rings is 1. The van der Waals surface area contributed by atoms with Crippen molar-refractivity contribution in [2.45, 2.75) is 6.92 Å². The summed E-state index contributed by atoms with van der Waals surface area (Å²) in [7, 11) is 2.45. The Morgan fingerprint density at radius 2 is 1.74 bits per heavy atom. The van der Waals surface area contributed by atoms with Crippen LogP contribution in [0.2, 0.25) is 0 Å². The van der Waals surface area contributed by atoms with Crippen LogP contribution in [-0.2, 0) is 14.3 Å². The molecule has 2 aromatic rings. The van der Waals surface area contributed by atoms with Gasteiger partial charge in [-0.05, 0) is 36.8 Å². The zero-order valence-corrected chi connectivity index (χ0v) is 15.7. The van der Waals surface area contributed by atoms with E-state index in [1.54, 1.807) is 31.2 Å². The molecule has 2 rings (SSSR count). The molecule has 140 valence electrons. The van der Waals surface area contributed by atoms with Gasteiger partial charge in [0.25, 0.3) is 0 Å². The number of anilines is 2. The Morgan fingerprint density at radius 3 is 2.30 bits per heavy atom. The van der Waals surface area contributed by atoms with E-state index in [9.17, 15) is 14.4 Å². The Hall–Kier alpha value is -3.38. The first-order valence-electron chi connectivity index (χ1n) is 7.75. The number of methoxy groups -OCH3 is 2. The molecule has 8 nitrogen and oxygen atoms in total. The summed E-state index contributed by atoms with van der Waals surface area (Å²) < 4.78 is 9.44. The molecule has 0 aliphatic heterocycles. The quantitative estimate of drug-likeness (QED) is 0.731. The van der Waals surface area contributed by atoms with Crippen molar-refractivity contribution in [3.05, 3.63) is 45.8 Å². The first-order chi connectivity index (χ1) is 12.9. The standard InChI is InChI=1S/C18H17N3O5S/c1-10-14(17(23)25-2)16(27-15(10)18(24)26-3)21-13(22)9-20-12-6-4-11(8-19)5-7-12/h4-7,20H,9H2,1-3H3,(H,21,22). The number of amides is 1. The number of benzene rings is 1. The molecule has 0 saturated carbocycles. The van der Waals surface area contributed by atoms with Crippen LogP contribution in [-0.4, -0.2) is 38.6 Å². The van der Waals surface area contributed by atoms with Gasteiger partial charge in [0.2, 0.25) is 5.91 Å². The number of hydrogen-bond donors (Lipinski definition) is 2. The zero-order chi connectivity index (χ0) is 20.0. The lowest BCUT2D eigenvalue weighted by Gasteiger charge is -2.08. The van der Waals surface area contributed by atoms with Gasteiger partial charge < -0.3 is 20.1 Å². The maximum absolute atomic E-state index is 12.2. The Labute approximate surface area is 159 Å². The monoisotopic (exact) mass is 387 g/mol. The molecule has 1 heterocycles. The number of nitriles is 1. The molecule has 0 atom stereocenters. The van der Waals surface area contributed by atoms with Gasteiger partial charge in [0, 0.05) is 5.69 Å². The van der Waals surface area contributed by atoms with Gasteiger partial charge in [0.1, 0.15) is 9.88 Å². The van der Waals surface area contributed by atoms with E-state index in [2.05, 4.69) is 10.6 Å². The summed E-state index contributed by atoms with van der Waals surface area (Å²) in [5, 5.41) is 14.5. The van der Waals surface area contributed by atoms with E-state index in [0.29, 0.717) is 16.8 Å². The predicted molar refractivity (Wildman–Crippen MR) is 100 cm³/mol. The van der Waals surface area contributed by atoms with Gasteiger partial charge >= 0.3 is 11.9 Å². The Kier molecular flexibility index (Phi) is 6.51. The summed E-state index contributed by atoms with van der Waals surface area (Å²) in [5.74, 6) is -1.67. The SMILES string of the molecule is COC(=O)c1sc(NC(=O)CNc2ccc(C#N)cc2)c(C(=O)OC)c1C. The number of ether oxygens (including phenoxy) is 2. The van der Waals surface area contributed by atoms with E-state index in [1.807, 2.05) is 6.07 Å². The van der Waals surface area contributed by atoms with Crippen LogP contribution in [0, 0.1) is 18.3 Å². The molecule has 27 heavy (non-hydrogen) atoms. The van der Waals surface area contributed by atoms with Gasteiger partial charge in [0.15, 0.2) is 0 Å². The maximum atomic E-state index is 12.2. The number of rotatable bonds is 6. The smallest absolute Gasteiger partial charge is 0.348 e. The topological polar surface area (TPSA) is 118 Å². The fourth-order valence-electron chi connectivity index (χ4n) is 2.25. The summed E-state index contributed by atoms with van der Waals surface area (Å²) in [5.41, 5.74) is 1.68. The summed E-state index contributed by atoms with van der Waals surface area (Å²) in [6.45, 7) is 1.51. The molecule has 0 unspecified atom stereocenters. The third kappa shape index (κ3) is 4.62. The van der Waals surface area contributed by atoms with Gasteiger partial charge in [-0.15, -0.1) is 11.3 Å². The first-order valence-corrected chi connectivity index (χ1v) is 8.56. The molecule has 0 aliphatic rings. The highest BCUT2D eigenvalue weighted by Crippen LogP contribution is 2.34. The number of carbonyl (C=O) groups is 3. The van der Waals surface area contributed by atoms with Gasteiger partial charge in [-0.3, -0.25) is 4.79 Å². The third-order valence-electron chi connectivity index (χ3n) is 3.63. The third-order valence-corrected chi connectivity index (χ3v) is 4.81. The van der Waals surface area contributed by atoms with Crippen LogP contribution in [0.1, 0.15) is 31.2 Å². The number of nitrogens with one attached hydrogen (secondary N) is 2. The molecule has 0 spiro atoms. The summed E-state index contributed by atoms with van der Waals surface area (Å²) >= 11 is 0.946. The molecule has 0 saturated heterocycles. The van der Waals surface area contributed by atoms with Crippen molar-refractivity contribution < 1.29 is 23.9 Å². The molecular formula is C18H17N3O5S. The predicted octanol–water partition coefficient (Wildman–Crippen LogP) is 2.55. The molecule has 1 amide bonds. The van der Waals surface area contributed by atoms with E-state index >= 15 is 0 Å². The molecule has 0 fully saturated rings. The van der Waals surface area contributed by atoms with Crippen LogP contribution >= 0.6 is 11.3 Å². The van der Waals surface area contributed by atoms with Crippen LogP contribution in [0.15, 0.2) is 24.3 Å². The molecule has 0 aliphatic carbocycles. The van der Waals surface area contributed by atoms with Crippen molar-refractivity contribution in [3.8, 4) is 6.07 Å². The molecule has 1 aromatic carbocycles. The molecule has 2 N–H and O–H groups in total. The van der Waals surface area contributed by atoms with Crippen LogP contribution in [0.3, 0.4) is 0 Å². The minimum absolute atomic E-state index is 0.0724. The molecule has 9 heteroatoms. The molecule has 0 bridgehead atoms. The highest BCUT2D eigenvalue weighted by Gasteiger charge is 2.26. The second kappa shape index (κ2) is 8.82. The van der Waals surface area contributed by atoms with Gasteiger partial charge in [0.05, 0.1) is 38.0 Å². The minimum atomic E-state index is -0.658. The Morgan fingerprint density at radius 1 is 1.11 bits per heavy atom. The lowest BCUT2D eigenvalue weighted by molar-refractivity contribution is -0.114. The van der Waals surface area contributed by atoms with Crippen molar-refractivity contribution in [2.75, 3.05) is 31.4 Å². The Balaban J connectivity index is 2.14. The molecule has 1 aromatic heterocycles. The number of nitrogens with zero attached hydrogens (tertiary/aromatic N) is 1. The second-order valence-electron chi connectivity index (χ2n) is 5.33. The lowest BCUT2D eigenvalue weighted by Crippen LogP contribution is -2.22. The number of carbonyl (C=O) groups excluding carboxylic acids is 3. The molecular weight excluding hydrogens is 370 g/mol. The van der Waals surface area contributed by atoms with E-state index in [-0.39, 0.29) is 22.0 Å². The maximum Gasteiger partial charge on any atom is 0.348 e. The van der Waals surface area contributed by atoms with E-state index < -0.39 is 17.8 Å². The second-order valence-corrected chi connectivity index (χ2v) is 6.35. The van der Waals surface area contributed by atoms with Gasteiger partial charge in [-0.2, -0.15) is 5.26 Å².